The predicted octanol–water partition coefficient (Wildman–Crippen LogP) is 5.44. The topological polar surface area (TPSA) is 108 Å². The van der Waals surface area contributed by atoms with E-state index in [1.165, 1.54) is 14.2 Å². The van der Waals surface area contributed by atoms with Gasteiger partial charge in [0.25, 0.3) is 10.0 Å². The third kappa shape index (κ3) is 6.03. The number of nitrogens with zero attached hydrogens (tertiary/aromatic N) is 1. The molecule has 0 aliphatic heterocycles. The third-order valence-corrected chi connectivity index (χ3v) is 8.93. The number of aryl methyl sites for hydroxylation is 3. The quantitative estimate of drug-likeness (QED) is 0.225. The summed E-state index contributed by atoms with van der Waals surface area (Å²) in [6, 6.07) is 20.5. The van der Waals surface area contributed by atoms with Gasteiger partial charge in [-0.1, -0.05) is 54.1 Å². The van der Waals surface area contributed by atoms with Gasteiger partial charge in [0, 0.05) is 16.3 Å². The molecule has 0 radical (unpaired) electrons. The van der Waals surface area contributed by atoms with E-state index in [-0.39, 0.29) is 10.6 Å². The van der Waals surface area contributed by atoms with E-state index in [4.69, 9.17) is 18.9 Å². The molecule has 4 aromatic rings. The minimum Gasteiger partial charge on any atom is -0.497 e. The van der Waals surface area contributed by atoms with Crippen LogP contribution in [0.5, 0.6) is 11.5 Å². The van der Waals surface area contributed by atoms with Crippen molar-refractivity contribution < 1.29 is 37.0 Å². The second-order valence-corrected chi connectivity index (χ2v) is 11.5. The van der Waals surface area contributed by atoms with Crippen molar-refractivity contribution in [3.8, 4) is 11.5 Å². The fourth-order valence-electron chi connectivity index (χ4n) is 5.01. The number of anilines is 1. The maximum absolute atomic E-state index is 14.2. The van der Waals surface area contributed by atoms with Crippen molar-refractivity contribution in [3.63, 3.8) is 0 Å². The lowest BCUT2D eigenvalue weighted by atomic mass is 10.1. The molecule has 0 bridgehead atoms. The van der Waals surface area contributed by atoms with Gasteiger partial charge in [-0.15, -0.1) is 0 Å². The Hall–Kier alpha value is -4.57. The fourth-order valence-corrected chi connectivity index (χ4v) is 6.85. The van der Waals surface area contributed by atoms with Crippen LogP contribution in [0.2, 0.25) is 0 Å². The van der Waals surface area contributed by atoms with Crippen molar-refractivity contribution in [1.82, 2.24) is 0 Å². The molecule has 220 valence electrons. The Morgan fingerprint density at radius 2 is 1.43 bits per heavy atom. The summed E-state index contributed by atoms with van der Waals surface area (Å²) in [5.41, 5.74) is 2.84. The lowest BCUT2D eigenvalue weighted by Gasteiger charge is -2.27. The van der Waals surface area contributed by atoms with E-state index in [9.17, 15) is 18.0 Å². The molecule has 0 saturated heterocycles. The van der Waals surface area contributed by atoms with Gasteiger partial charge in [0.1, 0.15) is 18.0 Å². The van der Waals surface area contributed by atoms with Crippen molar-refractivity contribution in [3.05, 3.63) is 95.1 Å². The zero-order valence-corrected chi connectivity index (χ0v) is 25.2. The first-order valence-corrected chi connectivity index (χ1v) is 14.5. The van der Waals surface area contributed by atoms with E-state index in [0.29, 0.717) is 39.0 Å². The predicted molar refractivity (Wildman–Crippen MR) is 160 cm³/mol. The van der Waals surface area contributed by atoms with Gasteiger partial charge in [0.05, 0.1) is 31.9 Å². The van der Waals surface area contributed by atoms with E-state index < -0.39 is 34.6 Å². The number of hydrogen-bond acceptors (Lipinski definition) is 8. The summed E-state index contributed by atoms with van der Waals surface area (Å²) in [4.78, 5) is 25.5. The number of methoxy groups -OCH3 is 3. The van der Waals surface area contributed by atoms with Crippen LogP contribution in [0.15, 0.2) is 77.7 Å². The second-order valence-electron chi connectivity index (χ2n) is 9.74. The molecule has 4 aromatic carbocycles. The van der Waals surface area contributed by atoms with Gasteiger partial charge in [0.2, 0.25) is 6.10 Å². The van der Waals surface area contributed by atoms with E-state index >= 15 is 0 Å². The first-order valence-electron chi connectivity index (χ1n) is 13.1. The number of rotatable bonds is 10. The Morgan fingerprint density at radius 3 is 2.00 bits per heavy atom. The maximum atomic E-state index is 14.2. The summed E-state index contributed by atoms with van der Waals surface area (Å²) in [7, 11) is -0.205. The Labute approximate surface area is 245 Å². The van der Waals surface area contributed by atoms with Gasteiger partial charge in [-0.05, 0) is 56.2 Å². The highest BCUT2D eigenvalue weighted by Gasteiger charge is 2.32. The number of fused-ring (bicyclic) bond motifs is 1. The van der Waals surface area contributed by atoms with Gasteiger partial charge >= 0.3 is 11.9 Å². The largest absolute Gasteiger partial charge is 0.497 e. The second kappa shape index (κ2) is 12.5. The summed E-state index contributed by atoms with van der Waals surface area (Å²) in [6.45, 7) is 4.80. The number of ether oxygens (including phenoxy) is 4. The van der Waals surface area contributed by atoms with Crippen LogP contribution in [-0.4, -0.2) is 48.2 Å². The number of carbonyl (C=O) groups excluding carboxylic acids is 2. The molecule has 42 heavy (non-hydrogen) atoms. The van der Waals surface area contributed by atoms with Crippen molar-refractivity contribution in [2.24, 2.45) is 0 Å². The van der Waals surface area contributed by atoms with Crippen molar-refractivity contribution >= 4 is 38.4 Å². The summed E-state index contributed by atoms with van der Waals surface area (Å²) >= 11 is 0. The number of benzene rings is 4. The number of carbonyl (C=O) groups is 2. The summed E-state index contributed by atoms with van der Waals surface area (Å²) in [5.74, 6) is -0.411. The molecular weight excluding hydrogens is 558 g/mol. The van der Waals surface area contributed by atoms with Gasteiger partial charge in [-0.25, -0.2) is 13.2 Å². The summed E-state index contributed by atoms with van der Waals surface area (Å²) in [6.07, 6.45) is -1.11. The van der Waals surface area contributed by atoms with E-state index in [2.05, 4.69) is 0 Å². The molecule has 0 N–H and O–H groups in total. The minimum absolute atomic E-state index is 0.117. The normalized spacial score (nSPS) is 12.0. The molecule has 0 heterocycles. The van der Waals surface area contributed by atoms with Gasteiger partial charge < -0.3 is 18.9 Å². The highest BCUT2D eigenvalue weighted by Crippen LogP contribution is 2.39. The zero-order valence-electron chi connectivity index (χ0n) is 24.3. The molecule has 1 atom stereocenters. The van der Waals surface area contributed by atoms with E-state index in [1.807, 2.05) is 6.92 Å². The number of esters is 2. The van der Waals surface area contributed by atoms with Gasteiger partial charge in [-0.3, -0.25) is 9.10 Å². The van der Waals surface area contributed by atoms with Crippen LogP contribution in [0, 0.1) is 20.8 Å². The molecular formula is C32H33NO8S. The maximum Gasteiger partial charge on any atom is 0.351 e. The van der Waals surface area contributed by atoms with Crippen LogP contribution >= 0.6 is 0 Å². The van der Waals surface area contributed by atoms with Crippen LogP contribution < -0.4 is 13.8 Å². The highest BCUT2D eigenvalue weighted by atomic mass is 32.2. The smallest absolute Gasteiger partial charge is 0.351 e. The molecule has 0 aliphatic carbocycles. The SMILES string of the molecule is COC(=O)CN(c1ccc(OC(C(=O)OC)c2ccc(OC)cc2)c2ccccc12)S(=O)(=O)c1c(C)cc(C)cc1C. The molecule has 0 spiro atoms. The summed E-state index contributed by atoms with van der Waals surface area (Å²) in [5, 5.41) is 1.02. The molecule has 9 nitrogen and oxygen atoms in total. The standard InChI is InChI=1S/C32H33NO8S/c1-20-17-21(2)31(22(3)18-20)42(36,37)33(19-29(34)39-5)27-15-16-28(26-10-8-7-9-25(26)27)41-30(32(35)40-6)23-11-13-24(38-4)14-12-23/h7-18,30H,19H2,1-6H3. The lowest BCUT2D eigenvalue weighted by Crippen LogP contribution is -2.37. The minimum atomic E-state index is -4.23. The van der Waals surface area contributed by atoms with Crippen molar-refractivity contribution in [2.45, 2.75) is 31.8 Å². The number of sulfonamides is 1. The molecule has 10 heteroatoms. The van der Waals surface area contributed by atoms with E-state index in [1.54, 1.807) is 93.8 Å². The molecule has 0 fully saturated rings. The fraction of sp³-hybridized carbons (Fsp3) is 0.250. The average Bonchev–Trinajstić information content (AvgIpc) is 2.97. The summed E-state index contributed by atoms with van der Waals surface area (Å²) < 4.78 is 50.8. The molecule has 0 aliphatic rings. The number of hydrogen-bond donors (Lipinski definition) is 0. The molecule has 1 unspecified atom stereocenters. The van der Waals surface area contributed by atoms with Gasteiger partial charge in [-0.2, -0.15) is 0 Å². The van der Waals surface area contributed by atoms with Crippen LogP contribution in [0.3, 0.4) is 0 Å². The molecule has 0 aromatic heterocycles. The van der Waals surface area contributed by atoms with Crippen molar-refractivity contribution in [2.75, 3.05) is 32.2 Å². The van der Waals surface area contributed by atoms with Crippen molar-refractivity contribution in [1.29, 1.82) is 0 Å². The van der Waals surface area contributed by atoms with Gasteiger partial charge in [0.15, 0.2) is 0 Å². The highest BCUT2D eigenvalue weighted by molar-refractivity contribution is 7.93. The zero-order chi connectivity index (χ0) is 30.6. The van der Waals surface area contributed by atoms with Crippen LogP contribution in [0.1, 0.15) is 28.4 Å². The lowest BCUT2D eigenvalue weighted by molar-refractivity contribution is -0.149. The Balaban J connectivity index is 1.87. The first kappa shape index (κ1) is 30.4. The molecule has 4 rings (SSSR count). The van der Waals surface area contributed by atoms with E-state index in [0.717, 1.165) is 9.87 Å². The molecule has 0 amide bonds. The monoisotopic (exact) mass is 591 g/mol. The average molecular weight is 592 g/mol. The van der Waals surface area contributed by atoms with Crippen LogP contribution in [0.25, 0.3) is 10.8 Å². The Morgan fingerprint density at radius 1 is 0.810 bits per heavy atom. The van der Waals surface area contributed by atoms with Crippen LogP contribution in [0.4, 0.5) is 5.69 Å². The van der Waals surface area contributed by atoms with Crippen LogP contribution in [-0.2, 0) is 29.1 Å². The third-order valence-electron chi connectivity index (χ3n) is 6.86. The Bertz CT molecular complexity index is 1710. The molecule has 0 saturated carbocycles. The Kier molecular flexibility index (Phi) is 9.06. The first-order chi connectivity index (χ1) is 20.0.